The van der Waals surface area contributed by atoms with E-state index >= 15 is 0 Å². The van der Waals surface area contributed by atoms with E-state index in [4.69, 9.17) is 0 Å². The molecule has 0 aliphatic heterocycles. The second kappa shape index (κ2) is 6.31. The zero-order valence-electron chi connectivity index (χ0n) is 12.4. The monoisotopic (exact) mass is 280 g/mol. The number of carbonyl (C=O) groups excluding carboxylic acids is 2. The number of hydrogen-bond acceptors (Lipinski definition) is 6. The number of nitrogens with zero attached hydrogens (tertiary/aromatic N) is 2. The molecule has 1 heterocycles. The van der Waals surface area contributed by atoms with Crippen molar-refractivity contribution in [1.29, 1.82) is 0 Å². The van der Waals surface area contributed by atoms with Gasteiger partial charge in [0.15, 0.2) is 5.69 Å². The molecule has 0 aliphatic carbocycles. The van der Waals surface area contributed by atoms with E-state index in [9.17, 15) is 9.59 Å². The molecule has 7 heteroatoms. The Labute approximate surface area is 118 Å². The van der Waals surface area contributed by atoms with Crippen LogP contribution < -0.4 is 10.6 Å². The van der Waals surface area contributed by atoms with E-state index in [1.807, 2.05) is 20.8 Å². The summed E-state index contributed by atoms with van der Waals surface area (Å²) in [6.07, 6.45) is 0. The van der Waals surface area contributed by atoms with Crippen molar-refractivity contribution in [1.82, 2.24) is 15.5 Å². The van der Waals surface area contributed by atoms with Gasteiger partial charge in [0.2, 0.25) is 5.91 Å². The molecule has 0 fully saturated rings. The summed E-state index contributed by atoms with van der Waals surface area (Å²) in [5.74, 6) is -0.284. The van der Waals surface area contributed by atoms with Crippen LogP contribution in [0.2, 0.25) is 0 Å². The summed E-state index contributed by atoms with van der Waals surface area (Å²) >= 11 is 0. The van der Waals surface area contributed by atoms with Gasteiger partial charge in [0, 0.05) is 5.54 Å². The standard InChI is InChI=1S/C13H20N4O3/c1-8(11(18)15-13(2,3)4)14-10-7-6-9(16-17-10)12(19)20-5/h6-8H,1-5H3,(H,14,17)(H,15,18). The second-order valence-corrected chi connectivity index (χ2v) is 5.40. The molecule has 0 saturated heterocycles. The molecule has 1 unspecified atom stereocenters. The minimum atomic E-state index is -0.553. The van der Waals surface area contributed by atoms with Crippen LogP contribution in [0.5, 0.6) is 0 Å². The van der Waals surface area contributed by atoms with Crippen molar-refractivity contribution in [3.05, 3.63) is 17.8 Å². The summed E-state index contributed by atoms with van der Waals surface area (Å²) in [6, 6.07) is 2.59. The molecule has 0 aromatic carbocycles. The maximum atomic E-state index is 11.9. The Morgan fingerprint density at radius 3 is 2.35 bits per heavy atom. The molecular weight excluding hydrogens is 260 g/mol. The molecule has 1 aromatic heterocycles. The van der Waals surface area contributed by atoms with Crippen LogP contribution >= 0.6 is 0 Å². The van der Waals surface area contributed by atoms with Gasteiger partial charge in [0.25, 0.3) is 0 Å². The van der Waals surface area contributed by atoms with Gasteiger partial charge in [0.1, 0.15) is 11.9 Å². The molecule has 1 aromatic rings. The van der Waals surface area contributed by atoms with E-state index < -0.39 is 12.0 Å². The van der Waals surface area contributed by atoms with Crippen molar-refractivity contribution in [2.45, 2.75) is 39.3 Å². The molecule has 0 bridgehead atoms. The third-order valence-corrected chi connectivity index (χ3v) is 2.31. The Balaban J connectivity index is 2.64. The zero-order chi connectivity index (χ0) is 15.3. The number of ether oxygens (including phenoxy) is 1. The maximum Gasteiger partial charge on any atom is 0.358 e. The van der Waals surface area contributed by atoms with E-state index in [0.717, 1.165) is 0 Å². The van der Waals surface area contributed by atoms with Crippen molar-refractivity contribution in [3.8, 4) is 0 Å². The number of rotatable bonds is 4. The lowest BCUT2D eigenvalue weighted by atomic mass is 10.1. The number of nitrogens with one attached hydrogen (secondary N) is 2. The number of hydrogen-bond donors (Lipinski definition) is 2. The van der Waals surface area contributed by atoms with Gasteiger partial charge in [-0.2, -0.15) is 0 Å². The quantitative estimate of drug-likeness (QED) is 0.799. The van der Waals surface area contributed by atoms with Crippen molar-refractivity contribution < 1.29 is 14.3 Å². The zero-order valence-corrected chi connectivity index (χ0v) is 12.4. The van der Waals surface area contributed by atoms with Crippen LogP contribution in [0.15, 0.2) is 12.1 Å². The van der Waals surface area contributed by atoms with Gasteiger partial charge in [-0.25, -0.2) is 4.79 Å². The van der Waals surface area contributed by atoms with Gasteiger partial charge in [-0.1, -0.05) is 0 Å². The number of esters is 1. The molecular formula is C13H20N4O3. The maximum absolute atomic E-state index is 11.9. The summed E-state index contributed by atoms with van der Waals surface area (Å²) in [4.78, 5) is 23.1. The van der Waals surface area contributed by atoms with Crippen LogP contribution in [-0.4, -0.2) is 40.8 Å². The highest BCUT2D eigenvalue weighted by molar-refractivity contribution is 5.87. The Kier molecular flexibility index (Phi) is 5.01. The number of carbonyl (C=O) groups is 2. The van der Waals surface area contributed by atoms with Crippen molar-refractivity contribution in [2.24, 2.45) is 0 Å². The number of amides is 1. The van der Waals surface area contributed by atoms with Crippen LogP contribution in [0.3, 0.4) is 0 Å². The average molecular weight is 280 g/mol. The third-order valence-electron chi connectivity index (χ3n) is 2.31. The molecule has 0 aliphatic rings. The van der Waals surface area contributed by atoms with Crippen LogP contribution in [0.25, 0.3) is 0 Å². The average Bonchev–Trinajstić information content (AvgIpc) is 2.36. The van der Waals surface area contributed by atoms with E-state index in [2.05, 4.69) is 25.6 Å². The molecule has 0 spiro atoms. The van der Waals surface area contributed by atoms with Gasteiger partial charge >= 0.3 is 5.97 Å². The van der Waals surface area contributed by atoms with Crippen LogP contribution in [-0.2, 0) is 9.53 Å². The number of anilines is 1. The lowest BCUT2D eigenvalue weighted by Gasteiger charge is -2.23. The molecule has 110 valence electrons. The first kappa shape index (κ1) is 15.9. The molecule has 20 heavy (non-hydrogen) atoms. The fourth-order valence-electron chi connectivity index (χ4n) is 1.39. The highest BCUT2D eigenvalue weighted by atomic mass is 16.5. The molecule has 0 radical (unpaired) electrons. The SMILES string of the molecule is COC(=O)c1ccc(NC(C)C(=O)NC(C)(C)C)nn1. The molecule has 7 nitrogen and oxygen atoms in total. The first-order valence-corrected chi connectivity index (χ1v) is 6.23. The molecule has 1 amide bonds. The minimum Gasteiger partial charge on any atom is -0.464 e. The summed E-state index contributed by atoms with van der Waals surface area (Å²) in [6.45, 7) is 7.44. The first-order chi connectivity index (χ1) is 9.23. The number of methoxy groups -OCH3 is 1. The van der Waals surface area contributed by atoms with Crippen LogP contribution in [0.1, 0.15) is 38.2 Å². The molecule has 1 atom stereocenters. The van der Waals surface area contributed by atoms with E-state index in [1.54, 1.807) is 13.0 Å². The predicted molar refractivity (Wildman–Crippen MR) is 74.4 cm³/mol. The Morgan fingerprint density at radius 1 is 1.25 bits per heavy atom. The van der Waals surface area contributed by atoms with E-state index in [1.165, 1.54) is 13.2 Å². The molecule has 0 saturated carbocycles. The summed E-state index contributed by atoms with van der Waals surface area (Å²) in [5, 5.41) is 13.3. The van der Waals surface area contributed by atoms with Gasteiger partial charge in [-0.3, -0.25) is 4.79 Å². The van der Waals surface area contributed by atoms with Crippen molar-refractivity contribution in [2.75, 3.05) is 12.4 Å². The summed E-state index contributed by atoms with van der Waals surface area (Å²) in [5.41, 5.74) is -0.183. The van der Waals surface area contributed by atoms with Crippen molar-refractivity contribution in [3.63, 3.8) is 0 Å². The van der Waals surface area contributed by atoms with Gasteiger partial charge in [-0.15, -0.1) is 10.2 Å². The second-order valence-electron chi connectivity index (χ2n) is 5.40. The molecule has 2 N–H and O–H groups in total. The van der Waals surface area contributed by atoms with Crippen LogP contribution in [0.4, 0.5) is 5.82 Å². The van der Waals surface area contributed by atoms with E-state index in [0.29, 0.717) is 5.82 Å². The van der Waals surface area contributed by atoms with Crippen molar-refractivity contribution >= 4 is 17.7 Å². The lowest BCUT2D eigenvalue weighted by Crippen LogP contribution is -2.47. The summed E-state index contributed by atoms with van der Waals surface area (Å²) < 4.78 is 4.52. The smallest absolute Gasteiger partial charge is 0.358 e. The molecule has 1 rings (SSSR count). The van der Waals surface area contributed by atoms with Gasteiger partial charge in [0.05, 0.1) is 7.11 Å². The Bertz CT molecular complexity index is 479. The fourth-order valence-corrected chi connectivity index (χ4v) is 1.39. The van der Waals surface area contributed by atoms with Gasteiger partial charge < -0.3 is 15.4 Å². The lowest BCUT2D eigenvalue weighted by molar-refractivity contribution is -0.122. The largest absolute Gasteiger partial charge is 0.464 e. The normalized spacial score (nSPS) is 12.4. The summed E-state index contributed by atoms with van der Waals surface area (Å²) in [7, 11) is 1.27. The Morgan fingerprint density at radius 2 is 1.90 bits per heavy atom. The van der Waals surface area contributed by atoms with E-state index in [-0.39, 0.29) is 17.1 Å². The Hall–Kier alpha value is -2.18. The topological polar surface area (TPSA) is 93.2 Å². The highest BCUT2D eigenvalue weighted by Crippen LogP contribution is 2.06. The highest BCUT2D eigenvalue weighted by Gasteiger charge is 2.19. The van der Waals surface area contributed by atoms with Gasteiger partial charge in [-0.05, 0) is 39.8 Å². The predicted octanol–water partition coefficient (Wildman–Crippen LogP) is 0.978. The number of aromatic nitrogens is 2. The van der Waals surface area contributed by atoms with Crippen LogP contribution in [0, 0.1) is 0 Å². The first-order valence-electron chi connectivity index (χ1n) is 6.23. The third kappa shape index (κ3) is 4.83. The fraction of sp³-hybridized carbons (Fsp3) is 0.538. The minimum absolute atomic E-state index is 0.116.